The molecule has 0 bridgehead atoms. The van der Waals surface area contributed by atoms with Crippen molar-refractivity contribution >= 4 is 17.4 Å². The van der Waals surface area contributed by atoms with Crippen LogP contribution < -0.4 is 4.90 Å². The van der Waals surface area contributed by atoms with Crippen LogP contribution in [-0.2, 0) is 4.74 Å². The van der Waals surface area contributed by atoms with Gasteiger partial charge in [0, 0.05) is 31.9 Å². The molecule has 0 N–H and O–H groups in total. The summed E-state index contributed by atoms with van der Waals surface area (Å²) in [6.07, 6.45) is 4.31. The first-order valence-electron chi connectivity index (χ1n) is 10.3. The second-order valence-electron chi connectivity index (χ2n) is 8.78. The van der Waals surface area contributed by atoms with Crippen molar-refractivity contribution in [2.24, 2.45) is 0 Å². The van der Waals surface area contributed by atoms with Crippen LogP contribution in [0.25, 0.3) is 5.57 Å². The van der Waals surface area contributed by atoms with E-state index in [4.69, 9.17) is 4.74 Å². The van der Waals surface area contributed by atoms with Crippen LogP contribution in [0.3, 0.4) is 0 Å². The number of benzene rings is 1. The summed E-state index contributed by atoms with van der Waals surface area (Å²) in [4.78, 5) is 17.0. The molecule has 0 aromatic heterocycles. The Morgan fingerprint density at radius 2 is 1.85 bits per heavy atom. The second-order valence-corrected chi connectivity index (χ2v) is 8.78. The third-order valence-electron chi connectivity index (χ3n) is 5.56. The van der Waals surface area contributed by atoms with Gasteiger partial charge in [-0.1, -0.05) is 18.6 Å². The summed E-state index contributed by atoms with van der Waals surface area (Å²) in [6, 6.07) is 6.81. The van der Waals surface area contributed by atoms with E-state index in [2.05, 4.69) is 36.9 Å². The lowest BCUT2D eigenvalue weighted by molar-refractivity contribution is 0.0270. The molecule has 0 aliphatic carbocycles. The van der Waals surface area contributed by atoms with Gasteiger partial charge in [-0.05, 0) is 82.2 Å². The van der Waals surface area contributed by atoms with E-state index in [0.29, 0.717) is 6.54 Å². The summed E-state index contributed by atoms with van der Waals surface area (Å²) in [5, 5.41) is 0. The summed E-state index contributed by atoms with van der Waals surface area (Å²) in [5.74, 6) is 0. The topological polar surface area (TPSA) is 32.8 Å². The van der Waals surface area contributed by atoms with Crippen molar-refractivity contribution < 1.29 is 9.53 Å². The molecule has 2 aliphatic rings. The molecule has 27 heavy (non-hydrogen) atoms. The van der Waals surface area contributed by atoms with Crippen molar-refractivity contribution in [2.45, 2.75) is 65.9 Å². The van der Waals surface area contributed by atoms with Gasteiger partial charge in [-0.25, -0.2) is 4.79 Å². The van der Waals surface area contributed by atoms with E-state index >= 15 is 0 Å². The molecule has 148 valence electrons. The average Bonchev–Trinajstić information content (AvgIpc) is 3.15. The Morgan fingerprint density at radius 1 is 1.15 bits per heavy atom. The van der Waals surface area contributed by atoms with Crippen molar-refractivity contribution in [1.29, 1.82) is 0 Å². The number of ether oxygens (including phenoxy) is 1. The minimum absolute atomic E-state index is 0.205. The molecular formula is C23H34N2O2. The number of aryl methyl sites for hydroxylation is 1. The van der Waals surface area contributed by atoms with Gasteiger partial charge in [-0.15, -0.1) is 0 Å². The number of carbonyl (C=O) groups is 1. The molecule has 2 aliphatic heterocycles. The Bertz CT molecular complexity index is 724. The minimum atomic E-state index is -0.461. The molecule has 1 fully saturated rings. The molecule has 1 aromatic carbocycles. The second kappa shape index (κ2) is 7.95. The monoisotopic (exact) mass is 370 g/mol. The zero-order valence-corrected chi connectivity index (χ0v) is 17.6. The van der Waals surface area contributed by atoms with Crippen LogP contribution in [0, 0.1) is 6.92 Å². The quantitative estimate of drug-likeness (QED) is 0.714. The van der Waals surface area contributed by atoms with E-state index in [1.165, 1.54) is 40.8 Å². The largest absolute Gasteiger partial charge is 0.444 e. The molecule has 3 rings (SSSR count). The zero-order valence-electron chi connectivity index (χ0n) is 17.6. The van der Waals surface area contributed by atoms with E-state index in [-0.39, 0.29) is 6.09 Å². The minimum Gasteiger partial charge on any atom is -0.444 e. The van der Waals surface area contributed by atoms with Gasteiger partial charge in [0.1, 0.15) is 5.60 Å². The average molecular weight is 371 g/mol. The van der Waals surface area contributed by atoms with Crippen LogP contribution in [0.2, 0.25) is 0 Å². The van der Waals surface area contributed by atoms with Crippen molar-refractivity contribution in [3.05, 3.63) is 34.9 Å². The number of anilines is 1. The maximum atomic E-state index is 12.6. The number of hydrogen-bond donors (Lipinski definition) is 0. The highest BCUT2D eigenvalue weighted by Gasteiger charge is 2.28. The van der Waals surface area contributed by atoms with Gasteiger partial charge < -0.3 is 14.5 Å². The standard InChI is InChI=1S/C23H34N2O2/c1-6-18-11-14-25(22(26)27-23(3,4)5)16-21(18)20-15-19(10-9-17(20)2)24-12-7-8-13-24/h9-10,15H,6-8,11-14,16H2,1-5H3. The first kappa shape index (κ1) is 19.8. The number of amides is 1. The molecule has 1 aromatic rings. The van der Waals surface area contributed by atoms with E-state index < -0.39 is 5.60 Å². The van der Waals surface area contributed by atoms with E-state index in [9.17, 15) is 4.79 Å². The summed E-state index contributed by atoms with van der Waals surface area (Å²) in [7, 11) is 0. The van der Waals surface area contributed by atoms with Gasteiger partial charge in [0.25, 0.3) is 0 Å². The van der Waals surface area contributed by atoms with E-state index in [1.807, 2.05) is 25.7 Å². The molecule has 4 nitrogen and oxygen atoms in total. The lowest BCUT2D eigenvalue weighted by Crippen LogP contribution is -2.40. The summed E-state index contributed by atoms with van der Waals surface area (Å²) >= 11 is 0. The van der Waals surface area contributed by atoms with Crippen molar-refractivity contribution in [1.82, 2.24) is 4.90 Å². The zero-order chi connectivity index (χ0) is 19.6. The molecule has 0 spiro atoms. The number of rotatable bonds is 3. The number of carbonyl (C=O) groups excluding carboxylic acids is 1. The van der Waals surface area contributed by atoms with E-state index in [0.717, 1.165) is 32.5 Å². The Balaban J connectivity index is 1.89. The fraction of sp³-hybridized carbons (Fsp3) is 0.609. The van der Waals surface area contributed by atoms with Gasteiger partial charge in [0.05, 0.1) is 0 Å². The summed E-state index contributed by atoms with van der Waals surface area (Å²) in [5.41, 5.74) is 6.21. The summed E-state index contributed by atoms with van der Waals surface area (Å²) in [6.45, 7) is 13.8. The highest BCUT2D eigenvalue weighted by Crippen LogP contribution is 2.34. The first-order chi connectivity index (χ1) is 12.8. The van der Waals surface area contributed by atoms with Gasteiger partial charge >= 0.3 is 6.09 Å². The Labute approximate surface area is 164 Å². The lowest BCUT2D eigenvalue weighted by Gasteiger charge is -2.33. The van der Waals surface area contributed by atoms with Crippen molar-refractivity contribution in [2.75, 3.05) is 31.1 Å². The highest BCUT2D eigenvalue weighted by molar-refractivity contribution is 5.79. The first-order valence-corrected chi connectivity index (χ1v) is 10.3. The van der Waals surface area contributed by atoms with Gasteiger partial charge in [-0.2, -0.15) is 0 Å². The molecule has 1 saturated heterocycles. The van der Waals surface area contributed by atoms with Gasteiger partial charge in [-0.3, -0.25) is 0 Å². The third-order valence-corrected chi connectivity index (χ3v) is 5.56. The molecule has 4 heteroatoms. The summed E-state index contributed by atoms with van der Waals surface area (Å²) < 4.78 is 5.62. The van der Waals surface area contributed by atoms with Crippen molar-refractivity contribution in [3.63, 3.8) is 0 Å². The van der Waals surface area contributed by atoms with Gasteiger partial charge in [0.15, 0.2) is 0 Å². The predicted molar refractivity (Wildman–Crippen MR) is 112 cm³/mol. The molecule has 0 radical (unpaired) electrons. The Morgan fingerprint density at radius 3 is 2.48 bits per heavy atom. The Hall–Kier alpha value is -1.97. The predicted octanol–water partition coefficient (Wildman–Crippen LogP) is 5.40. The van der Waals surface area contributed by atoms with Gasteiger partial charge in [0.2, 0.25) is 0 Å². The fourth-order valence-corrected chi connectivity index (χ4v) is 4.06. The maximum absolute atomic E-state index is 12.6. The molecule has 0 atom stereocenters. The fourth-order valence-electron chi connectivity index (χ4n) is 4.06. The van der Waals surface area contributed by atoms with E-state index in [1.54, 1.807) is 0 Å². The van der Waals surface area contributed by atoms with Crippen molar-refractivity contribution in [3.8, 4) is 0 Å². The molecule has 0 saturated carbocycles. The third kappa shape index (κ3) is 4.66. The molecule has 0 unspecified atom stereocenters. The van der Waals surface area contributed by atoms with Crippen LogP contribution in [-0.4, -0.2) is 42.8 Å². The molecule has 2 heterocycles. The van der Waals surface area contributed by atoms with Crippen LogP contribution in [0.5, 0.6) is 0 Å². The molecular weight excluding hydrogens is 336 g/mol. The Kier molecular flexibility index (Phi) is 5.83. The lowest BCUT2D eigenvalue weighted by atomic mass is 9.90. The SMILES string of the molecule is CCC1=C(c2cc(N3CCCC3)ccc2C)CN(C(=O)OC(C)(C)C)CC1. The maximum Gasteiger partial charge on any atom is 0.410 e. The number of hydrogen-bond acceptors (Lipinski definition) is 3. The van der Waals surface area contributed by atoms with Crippen LogP contribution in [0.1, 0.15) is 64.5 Å². The highest BCUT2D eigenvalue weighted by atomic mass is 16.6. The van der Waals surface area contributed by atoms with Crippen LogP contribution in [0.4, 0.5) is 10.5 Å². The van der Waals surface area contributed by atoms with Crippen LogP contribution >= 0.6 is 0 Å². The smallest absolute Gasteiger partial charge is 0.410 e. The van der Waals surface area contributed by atoms with Crippen LogP contribution in [0.15, 0.2) is 23.8 Å². The molecule has 1 amide bonds. The normalized spacial score (nSPS) is 18.3. The number of nitrogens with zero attached hydrogens (tertiary/aromatic N) is 2.